The molecule has 2 heteroatoms. The van der Waals surface area contributed by atoms with E-state index in [1.807, 2.05) is 12.1 Å². The predicted octanol–water partition coefficient (Wildman–Crippen LogP) is 5.47. The van der Waals surface area contributed by atoms with Crippen molar-refractivity contribution in [1.82, 2.24) is 0 Å². The Morgan fingerprint density at radius 1 is 1.23 bits per heavy atom. The van der Waals surface area contributed by atoms with E-state index in [9.17, 15) is 0 Å². The molecule has 2 rings (SSSR count). The lowest BCUT2D eigenvalue weighted by atomic mass is 10.1. The van der Waals surface area contributed by atoms with Crippen molar-refractivity contribution < 1.29 is 9.47 Å². The molecule has 22 heavy (non-hydrogen) atoms. The highest BCUT2D eigenvalue weighted by Gasteiger charge is 2.10. The van der Waals surface area contributed by atoms with Crippen molar-refractivity contribution in [3.05, 3.63) is 47.1 Å². The fourth-order valence-corrected chi connectivity index (χ4v) is 2.48. The minimum Gasteiger partial charge on any atom is -0.493 e. The Morgan fingerprint density at radius 2 is 2.09 bits per heavy atom. The summed E-state index contributed by atoms with van der Waals surface area (Å²) in [6.45, 7) is 8.01. The number of fused-ring (bicyclic) bond motifs is 1. The fourth-order valence-electron chi connectivity index (χ4n) is 2.48. The van der Waals surface area contributed by atoms with Gasteiger partial charge >= 0.3 is 0 Å². The van der Waals surface area contributed by atoms with E-state index < -0.39 is 0 Å². The van der Waals surface area contributed by atoms with Gasteiger partial charge in [0.05, 0.1) is 6.61 Å². The highest BCUT2D eigenvalue weighted by Crippen LogP contribution is 2.29. The molecule has 1 aromatic carbocycles. The van der Waals surface area contributed by atoms with Crippen molar-refractivity contribution in [2.45, 2.75) is 52.9 Å². The van der Waals surface area contributed by atoms with Crippen LogP contribution in [0, 0.1) is 0 Å². The normalized spacial score (nSPS) is 15.2. The first-order valence-corrected chi connectivity index (χ1v) is 8.39. The molecule has 0 saturated carbocycles. The molecular formula is C20H28O2. The van der Waals surface area contributed by atoms with Gasteiger partial charge in [0.2, 0.25) is 0 Å². The van der Waals surface area contributed by atoms with Crippen LogP contribution in [0.25, 0.3) is 0 Å². The zero-order valence-electron chi connectivity index (χ0n) is 14.2. The van der Waals surface area contributed by atoms with E-state index in [0.717, 1.165) is 50.2 Å². The van der Waals surface area contributed by atoms with Gasteiger partial charge in [-0.3, -0.25) is 0 Å². The van der Waals surface area contributed by atoms with Gasteiger partial charge < -0.3 is 9.47 Å². The molecule has 0 fully saturated rings. The van der Waals surface area contributed by atoms with Crippen LogP contribution in [-0.2, 0) is 6.42 Å². The second-order valence-electron chi connectivity index (χ2n) is 6.03. The summed E-state index contributed by atoms with van der Waals surface area (Å²) in [5.41, 5.74) is 4.15. The summed E-state index contributed by atoms with van der Waals surface area (Å²) in [4.78, 5) is 0. The molecule has 1 heterocycles. The maximum Gasteiger partial charge on any atom is 0.126 e. The van der Waals surface area contributed by atoms with E-state index >= 15 is 0 Å². The van der Waals surface area contributed by atoms with Crippen molar-refractivity contribution in [3.63, 3.8) is 0 Å². The fraction of sp³-hybridized carbons (Fsp3) is 0.500. The summed E-state index contributed by atoms with van der Waals surface area (Å²) in [7, 11) is 0. The monoisotopic (exact) mass is 300 g/mol. The van der Waals surface area contributed by atoms with E-state index in [0.29, 0.717) is 6.61 Å². The van der Waals surface area contributed by atoms with Crippen molar-refractivity contribution in [3.8, 4) is 11.5 Å². The van der Waals surface area contributed by atoms with Gasteiger partial charge in [-0.15, -0.1) is 0 Å². The molecular weight excluding hydrogens is 272 g/mol. The summed E-state index contributed by atoms with van der Waals surface area (Å²) in [5.74, 6) is 1.89. The van der Waals surface area contributed by atoms with Gasteiger partial charge in [0, 0.05) is 6.07 Å². The van der Waals surface area contributed by atoms with Crippen molar-refractivity contribution in [2.75, 3.05) is 13.2 Å². The quantitative estimate of drug-likeness (QED) is 0.621. The molecule has 0 saturated heterocycles. The van der Waals surface area contributed by atoms with E-state index in [2.05, 4.69) is 39.0 Å². The van der Waals surface area contributed by atoms with Crippen molar-refractivity contribution in [1.29, 1.82) is 0 Å². The molecule has 1 aromatic rings. The summed E-state index contributed by atoms with van der Waals surface area (Å²) in [6.07, 6.45) is 10.1. The maximum absolute atomic E-state index is 5.82. The van der Waals surface area contributed by atoms with Crippen LogP contribution >= 0.6 is 0 Å². The van der Waals surface area contributed by atoms with E-state index in [1.54, 1.807) is 0 Å². The van der Waals surface area contributed by atoms with Crippen molar-refractivity contribution >= 4 is 0 Å². The number of hydrogen-bond donors (Lipinski definition) is 0. The van der Waals surface area contributed by atoms with Gasteiger partial charge in [0.1, 0.15) is 18.1 Å². The molecule has 0 unspecified atom stereocenters. The lowest BCUT2D eigenvalue weighted by Crippen LogP contribution is -2.08. The molecule has 2 nitrogen and oxygen atoms in total. The average molecular weight is 300 g/mol. The Morgan fingerprint density at radius 3 is 2.91 bits per heavy atom. The molecule has 0 bridgehead atoms. The Bertz CT molecular complexity index is 541. The highest BCUT2D eigenvalue weighted by molar-refractivity contribution is 5.41. The number of benzene rings is 1. The van der Waals surface area contributed by atoms with Crippen LogP contribution in [0.4, 0.5) is 0 Å². The Hall–Kier alpha value is -1.70. The number of hydrogen-bond acceptors (Lipinski definition) is 2. The minimum atomic E-state index is 0.626. The molecule has 0 spiro atoms. The molecule has 120 valence electrons. The highest BCUT2D eigenvalue weighted by atomic mass is 16.5. The molecule has 1 aliphatic heterocycles. The average Bonchev–Trinajstić information content (AvgIpc) is 2.54. The predicted molar refractivity (Wildman–Crippen MR) is 92.8 cm³/mol. The largest absolute Gasteiger partial charge is 0.493 e. The van der Waals surface area contributed by atoms with Crippen LogP contribution in [0.5, 0.6) is 11.5 Å². The smallest absolute Gasteiger partial charge is 0.126 e. The van der Waals surface area contributed by atoms with Crippen molar-refractivity contribution in [2.24, 2.45) is 0 Å². The van der Waals surface area contributed by atoms with Crippen LogP contribution in [0.1, 0.15) is 52.0 Å². The third kappa shape index (κ3) is 5.25. The van der Waals surface area contributed by atoms with Crippen LogP contribution in [0.15, 0.2) is 41.5 Å². The van der Waals surface area contributed by atoms with Crippen LogP contribution in [-0.4, -0.2) is 13.2 Å². The van der Waals surface area contributed by atoms with E-state index in [-0.39, 0.29) is 0 Å². The van der Waals surface area contributed by atoms with Gasteiger partial charge in [-0.25, -0.2) is 0 Å². The van der Waals surface area contributed by atoms with Gasteiger partial charge in [-0.05, 0) is 63.7 Å². The molecule has 0 aliphatic carbocycles. The molecule has 0 N–H and O–H groups in total. The summed E-state index contributed by atoms with van der Waals surface area (Å²) in [6, 6.07) is 6.19. The van der Waals surface area contributed by atoms with Gasteiger partial charge in [-0.2, -0.15) is 0 Å². The lowest BCUT2D eigenvalue weighted by Gasteiger charge is -2.17. The van der Waals surface area contributed by atoms with E-state index in [4.69, 9.17) is 9.47 Å². The second kappa shape index (κ2) is 8.67. The SMILES string of the molecule is CC/C(C)=C/CC/C(C)=C/COc1ccc2c(c1)OCCC2. The second-order valence-corrected chi connectivity index (χ2v) is 6.03. The molecule has 0 atom stereocenters. The van der Waals surface area contributed by atoms with Crippen LogP contribution in [0.3, 0.4) is 0 Å². The van der Waals surface area contributed by atoms with E-state index in [1.165, 1.54) is 16.7 Å². The number of aryl methyl sites for hydroxylation is 1. The molecule has 0 amide bonds. The molecule has 0 aromatic heterocycles. The first kappa shape index (κ1) is 16.7. The maximum atomic E-state index is 5.82. The Labute approximate surface area is 134 Å². The minimum absolute atomic E-state index is 0.626. The van der Waals surface area contributed by atoms with Gasteiger partial charge in [0.25, 0.3) is 0 Å². The molecule has 0 radical (unpaired) electrons. The summed E-state index contributed by atoms with van der Waals surface area (Å²) < 4.78 is 11.5. The first-order chi connectivity index (χ1) is 10.7. The van der Waals surface area contributed by atoms with Gasteiger partial charge in [-0.1, -0.05) is 30.2 Å². The number of allylic oxidation sites excluding steroid dienone is 3. The van der Waals surface area contributed by atoms with Gasteiger partial charge in [0.15, 0.2) is 0 Å². The topological polar surface area (TPSA) is 18.5 Å². The third-order valence-corrected chi connectivity index (χ3v) is 4.16. The molecule has 1 aliphatic rings. The third-order valence-electron chi connectivity index (χ3n) is 4.16. The Kier molecular flexibility index (Phi) is 6.57. The summed E-state index contributed by atoms with van der Waals surface area (Å²) >= 11 is 0. The standard InChI is InChI=1S/C20H28O2/c1-4-16(2)7-5-8-17(3)12-14-21-19-11-10-18-9-6-13-22-20(18)15-19/h7,10-12,15H,4-6,8-9,13-14H2,1-3H3/b16-7+,17-12+. The first-order valence-electron chi connectivity index (χ1n) is 8.39. The Balaban J connectivity index is 1.79. The summed E-state index contributed by atoms with van der Waals surface area (Å²) in [5, 5.41) is 0. The lowest BCUT2D eigenvalue weighted by molar-refractivity contribution is 0.284. The zero-order valence-corrected chi connectivity index (χ0v) is 14.2. The number of ether oxygens (including phenoxy) is 2. The van der Waals surface area contributed by atoms with Crippen LogP contribution in [0.2, 0.25) is 0 Å². The number of rotatable bonds is 7. The zero-order chi connectivity index (χ0) is 15.8. The van der Waals surface area contributed by atoms with Crippen LogP contribution < -0.4 is 9.47 Å².